The highest BCUT2D eigenvalue weighted by molar-refractivity contribution is 5.82. The summed E-state index contributed by atoms with van der Waals surface area (Å²) in [4.78, 5) is 11.0. The average molecular weight is 158 g/mol. The van der Waals surface area contributed by atoms with Crippen LogP contribution in [0.3, 0.4) is 0 Å². The first-order valence-electron chi connectivity index (χ1n) is 3.88. The zero-order valence-electron chi connectivity index (χ0n) is 6.63. The van der Waals surface area contributed by atoms with E-state index in [0.717, 1.165) is 0 Å². The fraction of sp³-hybridized carbons (Fsp3) is 0.857. The molecule has 1 aliphatic rings. The Morgan fingerprint density at radius 3 is 3.09 bits per heavy atom. The molecule has 3 N–H and O–H groups in total. The lowest BCUT2D eigenvalue weighted by molar-refractivity contribution is -0.125. The van der Waals surface area contributed by atoms with Crippen LogP contribution in [-0.2, 0) is 4.79 Å². The fourth-order valence-corrected chi connectivity index (χ4v) is 1.20. The van der Waals surface area contributed by atoms with Crippen molar-refractivity contribution in [2.24, 2.45) is 0 Å². The second kappa shape index (κ2) is 3.69. The van der Waals surface area contributed by atoms with Gasteiger partial charge in [0, 0.05) is 19.2 Å². The van der Waals surface area contributed by atoms with Crippen LogP contribution in [0.4, 0.5) is 0 Å². The topological polar surface area (TPSA) is 61.4 Å². The van der Waals surface area contributed by atoms with Crippen LogP contribution < -0.4 is 10.6 Å². The summed E-state index contributed by atoms with van der Waals surface area (Å²) in [6.45, 7) is 2.74. The Morgan fingerprint density at radius 2 is 2.45 bits per heavy atom. The molecule has 1 heterocycles. The van der Waals surface area contributed by atoms with E-state index in [1.807, 2.05) is 6.92 Å². The molecule has 11 heavy (non-hydrogen) atoms. The van der Waals surface area contributed by atoms with E-state index >= 15 is 0 Å². The molecule has 0 bridgehead atoms. The van der Waals surface area contributed by atoms with E-state index < -0.39 is 0 Å². The summed E-state index contributed by atoms with van der Waals surface area (Å²) in [6.07, 6.45) is 0.496. The summed E-state index contributed by atoms with van der Waals surface area (Å²) in [5.74, 6) is -0.00264. The Balaban J connectivity index is 2.40. The molecule has 0 saturated carbocycles. The van der Waals surface area contributed by atoms with Gasteiger partial charge in [-0.3, -0.25) is 4.79 Å². The van der Waals surface area contributed by atoms with Gasteiger partial charge in [0.15, 0.2) is 0 Å². The smallest absolute Gasteiger partial charge is 0.237 e. The van der Waals surface area contributed by atoms with Crippen LogP contribution in [-0.4, -0.2) is 36.2 Å². The number of nitrogens with one attached hydrogen (secondary N) is 2. The Hall–Kier alpha value is -0.610. The highest BCUT2D eigenvalue weighted by atomic mass is 16.3. The number of amides is 1. The average Bonchev–Trinajstić information content (AvgIpc) is 1.98. The van der Waals surface area contributed by atoms with Gasteiger partial charge in [-0.2, -0.15) is 0 Å². The van der Waals surface area contributed by atoms with Crippen molar-refractivity contribution in [3.05, 3.63) is 0 Å². The molecule has 1 saturated heterocycles. The third-order valence-electron chi connectivity index (χ3n) is 1.80. The standard InChI is InChI=1S/C7H14N2O2/c1-5-4-8-7(11)6(9-5)2-3-10/h5-6,9-10H,2-4H2,1H3,(H,8,11). The van der Waals surface area contributed by atoms with E-state index in [4.69, 9.17) is 5.11 Å². The van der Waals surface area contributed by atoms with Gasteiger partial charge in [0.25, 0.3) is 0 Å². The van der Waals surface area contributed by atoms with Gasteiger partial charge in [0.2, 0.25) is 5.91 Å². The quantitative estimate of drug-likeness (QED) is 0.475. The van der Waals surface area contributed by atoms with Gasteiger partial charge in [0.1, 0.15) is 0 Å². The molecule has 1 fully saturated rings. The number of rotatable bonds is 2. The van der Waals surface area contributed by atoms with Crippen molar-refractivity contribution < 1.29 is 9.90 Å². The molecule has 0 aromatic carbocycles. The number of aliphatic hydroxyl groups excluding tert-OH is 1. The number of piperazine rings is 1. The van der Waals surface area contributed by atoms with Crippen LogP contribution in [0.5, 0.6) is 0 Å². The SMILES string of the molecule is CC1CNC(=O)C(CCO)N1. The number of hydrogen-bond donors (Lipinski definition) is 3. The van der Waals surface area contributed by atoms with Crippen LogP contribution in [0.25, 0.3) is 0 Å². The van der Waals surface area contributed by atoms with Crippen molar-refractivity contribution >= 4 is 5.91 Å². The molecule has 0 aromatic rings. The van der Waals surface area contributed by atoms with Gasteiger partial charge in [-0.15, -0.1) is 0 Å². The van der Waals surface area contributed by atoms with E-state index in [1.165, 1.54) is 0 Å². The van der Waals surface area contributed by atoms with Crippen molar-refractivity contribution in [1.29, 1.82) is 0 Å². The number of carbonyl (C=O) groups is 1. The summed E-state index contributed by atoms with van der Waals surface area (Å²) in [5, 5.41) is 14.5. The van der Waals surface area contributed by atoms with E-state index in [0.29, 0.717) is 19.0 Å². The monoisotopic (exact) mass is 158 g/mol. The number of carbonyl (C=O) groups excluding carboxylic acids is 1. The molecule has 0 aliphatic carbocycles. The lowest BCUT2D eigenvalue weighted by atomic mass is 10.1. The molecule has 1 rings (SSSR count). The zero-order valence-corrected chi connectivity index (χ0v) is 6.63. The Labute approximate surface area is 66.0 Å². The third-order valence-corrected chi connectivity index (χ3v) is 1.80. The molecular formula is C7H14N2O2. The van der Waals surface area contributed by atoms with Crippen molar-refractivity contribution in [1.82, 2.24) is 10.6 Å². The minimum atomic E-state index is -0.205. The summed E-state index contributed by atoms with van der Waals surface area (Å²) < 4.78 is 0. The van der Waals surface area contributed by atoms with Crippen LogP contribution in [0.1, 0.15) is 13.3 Å². The van der Waals surface area contributed by atoms with Gasteiger partial charge in [-0.1, -0.05) is 0 Å². The number of aliphatic hydroxyl groups is 1. The predicted octanol–water partition coefficient (Wildman–Crippen LogP) is -1.15. The highest BCUT2D eigenvalue weighted by Crippen LogP contribution is 1.98. The fourth-order valence-electron chi connectivity index (χ4n) is 1.20. The van der Waals surface area contributed by atoms with Crippen LogP contribution in [0.15, 0.2) is 0 Å². The van der Waals surface area contributed by atoms with Gasteiger partial charge in [-0.05, 0) is 13.3 Å². The molecule has 0 radical (unpaired) electrons. The molecule has 1 amide bonds. The second-order valence-corrected chi connectivity index (χ2v) is 2.88. The van der Waals surface area contributed by atoms with Crippen LogP contribution in [0, 0.1) is 0 Å². The summed E-state index contributed by atoms with van der Waals surface area (Å²) >= 11 is 0. The maximum Gasteiger partial charge on any atom is 0.237 e. The molecule has 4 heteroatoms. The maximum absolute atomic E-state index is 11.0. The van der Waals surface area contributed by atoms with E-state index in [-0.39, 0.29) is 18.6 Å². The Kier molecular flexibility index (Phi) is 2.84. The molecule has 1 aliphatic heterocycles. The molecule has 0 aromatic heterocycles. The minimum Gasteiger partial charge on any atom is -0.396 e. The van der Waals surface area contributed by atoms with Gasteiger partial charge < -0.3 is 15.7 Å². The van der Waals surface area contributed by atoms with E-state index in [9.17, 15) is 4.79 Å². The zero-order chi connectivity index (χ0) is 8.27. The van der Waals surface area contributed by atoms with Gasteiger partial charge in [-0.25, -0.2) is 0 Å². The van der Waals surface area contributed by atoms with Crippen molar-refractivity contribution in [3.63, 3.8) is 0 Å². The summed E-state index contributed by atoms with van der Waals surface area (Å²) in [7, 11) is 0. The minimum absolute atomic E-state index is 0.00264. The van der Waals surface area contributed by atoms with Crippen molar-refractivity contribution in [2.45, 2.75) is 25.4 Å². The molecule has 64 valence electrons. The van der Waals surface area contributed by atoms with Gasteiger partial charge >= 0.3 is 0 Å². The Morgan fingerprint density at radius 1 is 1.73 bits per heavy atom. The lowest BCUT2D eigenvalue weighted by Crippen LogP contribution is -2.57. The lowest BCUT2D eigenvalue weighted by Gasteiger charge is -2.28. The van der Waals surface area contributed by atoms with E-state index in [2.05, 4.69) is 10.6 Å². The summed E-state index contributed by atoms with van der Waals surface area (Å²) in [5.41, 5.74) is 0. The predicted molar refractivity (Wildman–Crippen MR) is 41.1 cm³/mol. The first-order chi connectivity index (χ1) is 5.24. The molecular weight excluding hydrogens is 144 g/mol. The largest absolute Gasteiger partial charge is 0.396 e. The van der Waals surface area contributed by atoms with Crippen molar-refractivity contribution in [3.8, 4) is 0 Å². The Bertz CT molecular complexity index is 149. The van der Waals surface area contributed by atoms with Crippen LogP contribution >= 0.6 is 0 Å². The first kappa shape index (κ1) is 8.49. The number of hydrogen-bond acceptors (Lipinski definition) is 3. The van der Waals surface area contributed by atoms with Crippen LogP contribution in [0.2, 0.25) is 0 Å². The summed E-state index contributed by atoms with van der Waals surface area (Å²) in [6, 6.07) is 0.105. The molecule has 2 atom stereocenters. The highest BCUT2D eigenvalue weighted by Gasteiger charge is 2.24. The normalized spacial score (nSPS) is 31.6. The first-order valence-corrected chi connectivity index (χ1v) is 3.88. The molecule has 2 unspecified atom stereocenters. The maximum atomic E-state index is 11.0. The molecule has 0 spiro atoms. The second-order valence-electron chi connectivity index (χ2n) is 2.88. The van der Waals surface area contributed by atoms with Gasteiger partial charge in [0.05, 0.1) is 6.04 Å². The molecule has 4 nitrogen and oxygen atoms in total. The third kappa shape index (κ3) is 2.17. The van der Waals surface area contributed by atoms with E-state index in [1.54, 1.807) is 0 Å². The van der Waals surface area contributed by atoms with Crippen molar-refractivity contribution in [2.75, 3.05) is 13.2 Å².